The fraction of sp³-hybridized carbons (Fsp3) is 0.643. The molecule has 1 aliphatic heterocycles. The Kier molecular flexibility index (Phi) is 4.09. The number of piperidine rings is 1. The molecule has 2 N–H and O–H groups in total. The molecule has 2 heterocycles. The van der Waals surface area contributed by atoms with E-state index in [0.717, 1.165) is 17.4 Å². The van der Waals surface area contributed by atoms with Crippen molar-refractivity contribution in [2.75, 3.05) is 6.54 Å². The first-order valence-electron chi connectivity index (χ1n) is 6.52. The molecule has 3 nitrogen and oxygen atoms in total. The van der Waals surface area contributed by atoms with Gasteiger partial charge in [0.05, 0.1) is 6.04 Å². The van der Waals surface area contributed by atoms with Gasteiger partial charge in [-0.05, 0) is 67.7 Å². The van der Waals surface area contributed by atoms with E-state index in [0.29, 0.717) is 0 Å². The number of likely N-dealkylation sites (tertiary alicyclic amines) is 1. The molecule has 0 bridgehead atoms. The molecule has 2 atom stereocenters. The number of halogens is 1. The Bertz CT molecular complexity index is 414. The van der Waals surface area contributed by atoms with Gasteiger partial charge >= 0.3 is 0 Å². The highest BCUT2D eigenvalue weighted by atomic mass is 79.9. The normalized spacial score (nSPS) is 26.3. The van der Waals surface area contributed by atoms with Crippen LogP contribution in [0.2, 0.25) is 0 Å². The van der Waals surface area contributed by atoms with Crippen molar-refractivity contribution in [1.82, 2.24) is 9.88 Å². The van der Waals surface area contributed by atoms with Crippen molar-refractivity contribution in [2.45, 2.75) is 51.2 Å². The lowest BCUT2D eigenvalue weighted by Crippen LogP contribution is -2.53. The van der Waals surface area contributed by atoms with E-state index in [1.807, 2.05) is 12.4 Å². The lowest BCUT2D eigenvalue weighted by Gasteiger charge is -2.47. The van der Waals surface area contributed by atoms with Crippen LogP contribution in [0, 0.1) is 0 Å². The molecule has 2 rings (SSSR count). The minimum Gasteiger partial charge on any atom is -0.326 e. The van der Waals surface area contributed by atoms with Gasteiger partial charge in [0.2, 0.25) is 0 Å². The van der Waals surface area contributed by atoms with Crippen molar-refractivity contribution >= 4 is 15.9 Å². The van der Waals surface area contributed by atoms with Gasteiger partial charge in [-0.15, -0.1) is 0 Å². The summed E-state index contributed by atoms with van der Waals surface area (Å²) in [6.45, 7) is 7.87. The minimum absolute atomic E-state index is 0.130. The molecule has 4 heteroatoms. The molecule has 0 aliphatic carbocycles. The molecule has 1 saturated heterocycles. The molecule has 0 aromatic carbocycles. The average Bonchev–Trinajstić information content (AvgIpc) is 2.27. The summed E-state index contributed by atoms with van der Waals surface area (Å²) in [5, 5.41) is 0. The molecule has 1 aliphatic rings. The van der Waals surface area contributed by atoms with E-state index in [4.69, 9.17) is 5.73 Å². The van der Waals surface area contributed by atoms with E-state index in [-0.39, 0.29) is 17.6 Å². The Morgan fingerprint density at radius 3 is 2.72 bits per heavy atom. The predicted molar refractivity (Wildman–Crippen MR) is 78.3 cm³/mol. The number of aromatic nitrogens is 1. The van der Waals surface area contributed by atoms with Crippen LogP contribution in [0.1, 0.15) is 45.2 Å². The highest BCUT2D eigenvalue weighted by Gasteiger charge is 2.36. The number of hydrogen-bond donors (Lipinski definition) is 1. The van der Waals surface area contributed by atoms with Gasteiger partial charge in [-0.3, -0.25) is 9.88 Å². The third-order valence-electron chi connectivity index (χ3n) is 3.61. The maximum absolute atomic E-state index is 6.36. The summed E-state index contributed by atoms with van der Waals surface area (Å²) in [6, 6.07) is 2.60. The Hall–Kier alpha value is -0.450. The van der Waals surface area contributed by atoms with Crippen molar-refractivity contribution in [3.05, 3.63) is 28.5 Å². The molecule has 1 aromatic heterocycles. The Morgan fingerprint density at radius 2 is 2.11 bits per heavy atom. The zero-order chi connectivity index (χ0) is 13.3. The van der Waals surface area contributed by atoms with Crippen LogP contribution in [0.5, 0.6) is 0 Å². The van der Waals surface area contributed by atoms with E-state index in [9.17, 15) is 0 Å². The van der Waals surface area contributed by atoms with Crippen molar-refractivity contribution in [3.8, 4) is 0 Å². The number of pyridine rings is 1. The van der Waals surface area contributed by atoms with Crippen molar-refractivity contribution in [2.24, 2.45) is 5.73 Å². The largest absolute Gasteiger partial charge is 0.326 e. The average molecular weight is 312 g/mol. The Balaban J connectivity index is 2.36. The van der Waals surface area contributed by atoms with Gasteiger partial charge in [0.15, 0.2) is 0 Å². The van der Waals surface area contributed by atoms with Crippen LogP contribution in [0.3, 0.4) is 0 Å². The van der Waals surface area contributed by atoms with Gasteiger partial charge < -0.3 is 5.73 Å². The minimum atomic E-state index is 0.130. The quantitative estimate of drug-likeness (QED) is 0.866. The lowest BCUT2D eigenvalue weighted by molar-refractivity contribution is 0.0382. The fourth-order valence-corrected chi connectivity index (χ4v) is 3.18. The highest BCUT2D eigenvalue weighted by molar-refractivity contribution is 9.10. The fourth-order valence-electron chi connectivity index (χ4n) is 2.80. The lowest BCUT2D eigenvalue weighted by atomic mass is 9.87. The number of nitrogens with two attached hydrogens (primary N) is 1. The van der Waals surface area contributed by atoms with Gasteiger partial charge in [0.1, 0.15) is 0 Å². The zero-order valence-electron chi connectivity index (χ0n) is 11.4. The molecular formula is C14H22BrN3. The summed E-state index contributed by atoms with van der Waals surface area (Å²) in [6.07, 6.45) is 6.03. The van der Waals surface area contributed by atoms with Crippen LogP contribution in [-0.4, -0.2) is 28.0 Å². The number of hydrogen-bond acceptors (Lipinski definition) is 3. The predicted octanol–water partition coefficient (Wildman–Crippen LogP) is 3.11. The molecule has 0 spiro atoms. The number of nitrogens with zero attached hydrogens (tertiary/aromatic N) is 2. The molecule has 0 saturated carbocycles. The molecule has 1 aromatic rings. The maximum Gasteiger partial charge on any atom is 0.0519 e. The SMILES string of the molecule is CC(C)(C)N1CCCC(N)C1c1cncc(Br)c1. The van der Waals surface area contributed by atoms with Gasteiger partial charge in [0.25, 0.3) is 0 Å². The maximum atomic E-state index is 6.36. The first kappa shape index (κ1) is 14.0. The summed E-state index contributed by atoms with van der Waals surface area (Å²) in [7, 11) is 0. The third-order valence-corrected chi connectivity index (χ3v) is 4.04. The topological polar surface area (TPSA) is 42.1 Å². The molecule has 1 fully saturated rings. The standard InChI is InChI=1S/C14H22BrN3/c1-14(2,3)18-6-4-5-12(16)13(18)10-7-11(15)9-17-8-10/h7-9,12-13H,4-6,16H2,1-3H3. The summed E-state index contributed by atoms with van der Waals surface area (Å²) >= 11 is 3.50. The highest BCUT2D eigenvalue weighted by Crippen LogP contribution is 2.35. The van der Waals surface area contributed by atoms with Crippen LogP contribution < -0.4 is 5.73 Å². The van der Waals surface area contributed by atoms with Crippen molar-refractivity contribution < 1.29 is 0 Å². The molecule has 0 radical (unpaired) electrons. The Labute approximate surface area is 118 Å². The molecule has 18 heavy (non-hydrogen) atoms. The van der Waals surface area contributed by atoms with Gasteiger partial charge in [0, 0.05) is 28.4 Å². The third kappa shape index (κ3) is 2.92. The van der Waals surface area contributed by atoms with Gasteiger partial charge in [-0.2, -0.15) is 0 Å². The van der Waals surface area contributed by atoms with Crippen LogP contribution in [0.4, 0.5) is 0 Å². The van der Waals surface area contributed by atoms with E-state index in [1.54, 1.807) is 0 Å². The molecule has 0 amide bonds. The second kappa shape index (κ2) is 5.27. The second-order valence-electron chi connectivity index (χ2n) is 6.05. The van der Waals surface area contributed by atoms with Crippen LogP contribution in [0.15, 0.2) is 22.9 Å². The van der Waals surface area contributed by atoms with Crippen LogP contribution >= 0.6 is 15.9 Å². The summed E-state index contributed by atoms with van der Waals surface area (Å²) in [5.74, 6) is 0. The van der Waals surface area contributed by atoms with Gasteiger partial charge in [-0.25, -0.2) is 0 Å². The van der Waals surface area contributed by atoms with E-state index < -0.39 is 0 Å². The van der Waals surface area contributed by atoms with Gasteiger partial charge in [-0.1, -0.05) is 0 Å². The summed E-state index contributed by atoms with van der Waals surface area (Å²) in [4.78, 5) is 6.79. The van der Waals surface area contributed by atoms with Crippen LogP contribution in [-0.2, 0) is 0 Å². The summed E-state index contributed by atoms with van der Waals surface area (Å²) < 4.78 is 1.02. The molecule has 100 valence electrons. The summed E-state index contributed by atoms with van der Waals surface area (Å²) in [5.41, 5.74) is 7.71. The van der Waals surface area contributed by atoms with E-state index in [2.05, 4.69) is 52.7 Å². The molecule has 2 unspecified atom stereocenters. The van der Waals surface area contributed by atoms with E-state index in [1.165, 1.54) is 12.0 Å². The number of rotatable bonds is 1. The van der Waals surface area contributed by atoms with E-state index >= 15 is 0 Å². The zero-order valence-corrected chi connectivity index (χ0v) is 12.9. The van der Waals surface area contributed by atoms with Crippen molar-refractivity contribution in [3.63, 3.8) is 0 Å². The first-order valence-corrected chi connectivity index (χ1v) is 7.31. The van der Waals surface area contributed by atoms with Crippen molar-refractivity contribution in [1.29, 1.82) is 0 Å². The Morgan fingerprint density at radius 1 is 1.39 bits per heavy atom. The van der Waals surface area contributed by atoms with Crippen LogP contribution in [0.25, 0.3) is 0 Å². The second-order valence-corrected chi connectivity index (χ2v) is 6.97. The monoisotopic (exact) mass is 311 g/mol. The first-order chi connectivity index (χ1) is 8.39. The smallest absolute Gasteiger partial charge is 0.0519 e. The molecular weight excluding hydrogens is 290 g/mol.